The van der Waals surface area contributed by atoms with Gasteiger partial charge in [-0.2, -0.15) is 13.8 Å². The molecule has 0 saturated carbocycles. The summed E-state index contributed by atoms with van der Waals surface area (Å²) in [6, 6.07) is 1.29. The first-order valence-electron chi connectivity index (χ1n) is 7.12. The second kappa shape index (κ2) is 5.71. The van der Waals surface area contributed by atoms with Crippen LogP contribution in [0.1, 0.15) is 19.6 Å². The SMILES string of the molecule is CC[C@H]1O[C@@H](n2ccc(N)nc2=O)C(F)(F)C1O[Si](C)(C)C. The monoisotopic (exact) mass is 333 g/mol. The molecular weight excluding hydrogens is 312 g/mol. The highest BCUT2D eigenvalue weighted by molar-refractivity contribution is 6.69. The Hall–Kier alpha value is -1.32. The largest absolute Gasteiger partial charge is 0.406 e. The van der Waals surface area contributed by atoms with Crippen LogP contribution >= 0.6 is 0 Å². The summed E-state index contributed by atoms with van der Waals surface area (Å²) < 4.78 is 41.3. The maximum absolute atomic E-state index is 14.8. The molecule has 22 heavy (non-hydrogen) atoms. The second-order valence-electron chi connectivity index (χ2n) is 6.30. The predicted molar refractivity (Wildman–Crippen MR) is 80.3 cm³/mol. The third-order valence-corrected chi connectivity index (χ3v) is 4.30. The molecule has 1 saturated heterocycles. The standard InChI is InChI=1S/C13H21F2N3O3Si/c1-5-8-10(21-22(2,3)4)13(14,15)11(20-8)18-7-6-9(16)17-12(18)19/h6-8,10-11H,5H2,1-4H3,(H2,16,17,19)/t8-,10?,11-/m1/s1. The van der Waals surface area contributed by atoms with Crippen molar-refractivity contribution in [3.63, 3.8) is 0 Å². The van der Waals surface area contributed by atoms with Crippen LogP contribution < -0.4 is 11.4 Å². The van der Waals surface area contributed by atoms with E-state index in [2.05, 4.69) is 4.98 Å². The molecule has 1 fully saturated rings. The first-order chi connectivity index (χ1) is 10.1. The number of ether oxygens (including phenoxy) is 1. The van der Waals surface area contributed by atoms with Gasteiger partial charge < -0.3 is 14.9 Å². The zero-order valence-corrected chi connectivity index (χ0v) is 14.0. The number of nitrogens with two attached hydrogens (primary N) is 1. The molecular formula is C13H21F2N3O3Si. The average Bonchev–Trinajstić information content (AvgIpc) is 2.60. The topological polar surface area (TPSA) is 79.4 Å². The molecule has 0 aromatic carbocycles. The second-order valence-corrected chi connectivity index (χ2v) is 10.8. The van der Waals surface area contributed by atoms with Crippen LogP contribution in [0.5, 0.6) is 0 Å². The van der Waals surface area contributed by atoms with E-state index in [-0.39, 0.29) is 5.82 Å². The molecule has 0 spiro atoms. The Kier molecular flexibility index (Phi) is 4.42. The molecule has 2 heterocycles. The summed E-state index contributed by atoms with van der Waals surface area (Å²) in [5.41, 5.74) is 4.52. The molecule has 2 N–H and O–H groups in total. The van der Waals surface area contributed by atoms with Crippen LogP contribution in [0.15, 0.2) is 17.1 Å². The quantitative estimate of drug-likeness (QED) is 0.853. The number of hydrogen-bond donors (Lipinski definition) is 1. The first-order valence-corrected chi connectivity index (χ1v) is 10.5. The van der Waals surface area contributed by atoms with Gasteiger partial charge in [-0.05, 0) is 32.1 Å². The van der Waals surface area contributed by atoms with Gasteiger partial charge in [0.15, 0.2) is 8.32 Å². The number of halogens is 2. The van der Waals surface area contributed by atoms with Crippen molar-refractivity contribution in [2.75, 3.05) is 5.73 Å². The van der Waals surface area contributed by atoms with Crippen LogP contribution in [0.3, 0.4) is 0 Å². The van der Waals surface area contributed by atoms with Crippen molar-refractivity contribution in [1.29, 1.82) is 0 Å². The fraction of sp³-hybridized carbons (Fsp3) is 0.692. The summed E-state index contributed by atoms with van der Waals surface area (Å²) in [4.78, 5) is 15.3. The Bertz CT molecular complexity index is 603. The zero-order valence-electron chi connectivity index (χ0n) is 13.0. The Morgan fingerprint density at radius 2 is 2.14 bits per heavy atom. The van der Waals surface area contributed by atoms with Crippen LogP contribution in [0.25, 0.3) is 0 Å². The van der Waals surface area contributed by atoms with Crippen LogP contribution in [0, 0.1) is 0 Å². The predicted octanol–water partition coefficient (Wildman–Crippen LogP) is 1.99. The van der Waals surface area contributed by atoms with Gasteiger partial charge in [-0.25, -0.2) is 4.79 Å². The van der Waals surface area contributed by atoms with Gasteiger partial charge in [0.05, 0.1) is 6.10 Å². The highest BCUT2D eigenvalue weighted by Crippen LogP contribution is 2.45. The summed E-state index contributed by atoms with van der Waals surface area (Å²) in [6.45, 7) is 7.24. The molecule has 1 aromatic rings. The molecule has 0 amide bonds. The normalized spacial score (nSPS) is 28.0. The lowest BCUT2D eigenvalue weighted by Crippen LogP contribution is -2.47. The van der Waals surface area contributed by atoms with Crippen LogP contribution in [-0.2, 0) is 9.16 Å². The van der Waals surface area contributed by atoms with E-state index in [1.165, 1.54) is 12.3 Å². The van der Waals surface area contributed by atoms with Crippen molar-refractivity contribution in [3.8, 4) is 0 Å². The lowest BCUT2D eigenvalue weighted by Gasteiger charge is -2.30. The van der Waals surface area contributed by atoms with Gasteiger partial charge in [-0.3, -0.25) is 4.57 Å². The average molecular weight is 333 g/mol. The zero-order chi connectivity index (χ0) is 16.7. The van der Waals surface area contributed by atoms with E-state index in [0.29, 0.717) is 6.42 Å². The van der Waals surface area contributed by atoms with E-state index in [4.69, 9.17) is 14.9 Å². The molecule has 0 radical (unpaired) electrons. The van der Waals surface area contributed by atoms with Gasteiger partial charge in [0.2, 0.25) is 6.23 Å². The number of nitrogens with zero attached hydrogens (tertiary/aromatic N) is 2. The lowest BCUT2D eigenvalue weighted by atomic mass is 10.1. The molecule has 3 atom stereocenters. The summed E-state index contributed by atoms with van der Waals surface area (Å²) in [5, 5.41) is 0. The third-order valence-electron chi connectivity index (χ3n) is 3.34. The van der Waals surface area contributed by atoms with Gasteiger partial charge in [0.25, 0.3) is 0 Å². The van der Waals surface area contributed by atoms with E-state index in [0.717, 1.165) is 4.57 Å². The lowest BCUT2D eigenvalue weighted by molar-refractivity contribution is -0.137. The Labute approximate surface area is 128 Å². The summed E-state index contributed by atoms with van der Waals surface area (Å²) in [7, 11) is -2.21. The van der Waals surface area contributed by atoms with Gasteiger partial charge in [-0.15, -0.1) is 0 Å². The van der Waals surface area contributed by atoms with Gasteiger partial charge in [0, 0.05) is 6.20 Å². The fourth-order valence-electron chi connectivity index (χ4n) is 2.42. The molecule has 9 heteroatoms. The Morgan fingerprint density at radius 3 is 2.64 bits per heavy atom. The third kappa shape index (κ3) is 3.20. The van der Waals surface area contributed by atoms with E-state index in [9.17, 15) is 13.6 Å². The van der Waals surface area contributed by atoms with Gasteiger partial charge in [-0.1, -0.05) is 6.92 Å². The Morgan fingerprint density at radius 1 is 1.50 bits per heavy atom. The minimum Gasteiger partial charge on any atom is -0.406 e. The molecule has 1 aromatic heterocycles. The van der Waals surface area contributed by atoms with E-state index in [1.54, 1.807) is 6.92 Å². The number of rotatable bonds is 4. The van der Waals surface area contributed by atoms with Crippen molar-refractivity contribution < 1.29 is 17.9 Å². The summed E-state index contributed by atoms with van der Waals surface area (Å²) in [6.07, 6.45) is -2.36. The number of aromatic nitrogens is 2. The van der Waals surface area contributed by atoms with Crippen LogP contribution in [0.4, 0.5) is 14.6 Å². The van der Waals surface area contributed by atoms with Crippen molar-refractivity contribution >= 4 is 14.1 Å². The number of alkyl halides is 2. The highest BCUT2D eigenvalue weighted by Gasteiger charge is 2.61. The minimum atomic E-state index is -3.33. The maximum atomic E-state index is 14.8. The molecule has 0 aliphatic carbocycles. The van der Waals surface area contributed by atoms with Crippen LogP contribution in [-0.4, -0.2) is 36.0 Å². The smallest absolute Gasteiger partial charge is 0.351 e. The van der Waals surface area contributed by atoms with Gasteiger partial charge >= 0.3 is 11.6 Å². The fourth-order valence-corrected chi connectivity index (χ4v) is 3.49. The first kappa shape index (κ1) is 17.0. The molecule has 0 bridgehead atoms. The van der Waals surface area contributed by atoms with E-state index >= 15 is 0 Å². The van der Waals surface area contributed by atoms with E-state index in [1.807, 2.05) is 19.6 Å². The van der Waals surface area contributed by atoms with Crippen molar-refractivity contribution in [3.05, 3.63) is 22.7 Å². The summed E-state index contributed by atoms with van der Waals surface area (Å²) >= 11 is 0. The van der Waals surface area contributed by atoms with Crippen LogP contribution in [0.2, 0.25) is 19.6 Å². The van der Waals surface area contributed by atoms with Crippen molar-refractivity contribution in [2.24, 2.45) is 0 Å². The molecule has 2 rings (SSSR count). The molecule has 124 valence electrons. The summed E-state index contributed by atoms with van der Waals surface area (Å²) in [5.74, 6) is -3.35. The van der Waals surface area contributed by atoms with Gasteiger partial charge in [0.1, 0.15) is 11.9 Å². The minimum absolute atomic E-state index is 0.0236. The number of nitrogen functional groups attached to an aromatic ring is 1. The Balaban J connectivity index is 2.40. The molecule has 1 unspecified atom stereocenters. The molecule has 6 nitrogen and oxygen atoms in total. The van der Waals surface area contributed by atoms with E-state index < -0.39 is 38.4 Å². The number of hydrogen-bond acceptors (Lipinski definition) is 5. The molecule has 1 aliphatic heterocycles. The van der Waals surface area contributed by atoms with Crippen molar-refractivity contribution in [2.45, 2.75) is 57.3 Å². The number of anilines is 1. The molecule has 1 aliphatic rings. The van der Waals surface area contributed by atoms with Crippen molar-refractivity contribution in [1.82, 2.24) is 9.55 Å². The highest BCUT2D eigenvalue weighted by atomic mass is 28.4. The maximum Gasteiger partial charge on any atom is 0.351 e.